The van der Waals surface area contributed by atoms with Crippen LogP contribution >= 0.6 is 0 Å². The highest BCUT2D eigenvalue weighted by atomic mass is 16.5. The summed E-state index contributed by atoms with van der Waals surface area (Å²) < 4.78 is 5.23. The topological polar surface area (TPSA) is 99.0 Å². The number of ketones is 1. The number of benzene rings is 2. The van der Waals surface area contributed by atoms with Gasteiger partial charge in [-0.3, -0.25) is 4.79 Å². The molecule has 3 aromatic rings. The number of Topliss-reactive ketones (excluding diaryl/α,β-unsaturated/α-hetero) is 1. The summed E-state index contributed by atoms with van der Waals surface area (Å²) in [6.07, 6.45) is 0.940. The van der Waals surface area contributed by atoms with Crippen LogP contribution in [0, 0.1) is 0 Å². The Labute approximate surface area is 157 Å². The van der Waals surface area contributed by atoms with Crippen LogP contribution in [0.25, 0.3) is 0 Å². The van der Waals surface area contributed by atoms with Crippen molar-refractivity contribution in [2.75, 3.05) is 0 Å². The summed E-state index contributed by atoms with van der Waals surface area (Å²) in [5.74, 6) is -0.242. The van der Waals surface area contributed by atoms with Gasteiger partial charge < -0.3 is 10.1 Å². The fraction of sp³-hybridized carbons (Fsp3) is 0.211. The minimum atomic E-state index is -0.762. The van der Waals surface area contributed by atoms with Gasteiger partial charge in [0, 0.05) is 1.43 Å². The molecule has 8 nitrogen and oxygen atoms in total. The quantitative estimate of drug-likeness (QED) is 0.654. The summed E-state index contributed by atoms with van der Waals surface area (Å²) in [7, 11) is 0. The normalized spacial score (nSPS) is 11.6. The van der Waals surface area contributed by atoms with Gasteiger partial charge in [-0.05, 0) is 22.8 Å². The predicted octanol–water partition coefficient (Wildman–Crippen LogP) is 2.03. The molecule has 0 aliphatic rings. The summed E-state index contributed by atoms with van der Waals surface area (Å²) in [5.41, 5.74) is 1.79. The molecule has 0 saturated carbocycles. The van der Waals surface area contributed by atoms with E-state index in [0.717, 1.165) is 11.1 Å². The number of hydrogen-bond donors (Lipinski definition) is 1. The molecule has 1 heterocycles. The molecule has 0 radical (unpaired) electrons. The van der Waals surface area contributed by atoms with Crippen molar-refractivity contribution < 1.29 is 15.8 Å². The van der Waals surface area contributed by atoms with Crippen LogP contribution in [0.4, 0.5) is 4.79 Å². The first kappa shape index (κ1) is 18.2. The number of hydrogen-bond acceptors (Lipinski definition) is 6. The van der Waals surface area contributed by atoms with E-state index >= 15 is 0 Å². The molecule has 0 aliphatic heterocycles. The fourth-order valence-electron chi connectivity index (χ4n) is 2.51. The van der Waals surface area contributed by atoms with E-state index in [1.807, 2.05) is 60.7 Å². The van der Waals surface area contributed by atoms with Crippen molar-refractivity contribution in [2.45, 2.75) is 25.6 Å². The van der Waals surface area contributed by atoms with Crippen molar-refractivity contribution in [3.8, 4) is 0 Å². The highest BCUT2D eigenvalue weighted by Crippen LogP contribution is 2.06. The molecule has 2 aromatic carbocycles. The van der Waals surface area contributed by atoms with Crippen molar-refractivity contribution in [2.24, 2.45) is 0 Å². The summed E-state index contributed by atoms with van der Waals surface area (Å²) in [4.78, 5) is 26.0. The van der Waals surface area contributed by atoms with E-state index in [1.165, 1.54) is 11.1 Å². The Balaban J connectivity index is 0.00000280. The third kappa shape index (κ3) is 5.74. The summed E-state index contributed by atoms with van der Waals surface area (Å²) in [5, 5.41) is 13.8. The first-order chi connectivity index (χ1) is 13.2. The number of carbonyl (C=O) groups is 2. The van der Waals surface area contributed by atoms with Crippen molar-refractivity contribution in [1.82, 2.24) is 25.5 Å². The van der Waals surface area contributed by atoms with E-state index in [1.54, 1.807) is 0 Å². The number of nitrogens with zero attached hydrogens (tertiary/aromatic N) is 4. The van der Waals surface area contributed by atoms with E-state index in [-0.39, 0.29) is 20.4 Å². The highest BCUT2D eigenvalue weighted by molar-refractivity contribution is 5.87. The molecule has 0 saturated heterocycles. The van der Waals surface area contributed by atoms with Gasteiger partial charge >= 0.3 is 6.09 Å². The van der Waals surface area contributed by atoms with E-state index < -0.39 is 12.1 Å². The molecule has 1 N–H and O–H groups in total. The van der Waals surface area contributed by atoms with E-state index in [0.29, 0.717) is 6.42 Å². The molecule has 0 spiro atoms. The second-order valence-corrected chi connectivity index (χ2v) is 5.88. The lowest BCUT2D eigenvalue weighted by atomic mass is 10.0. The predicted molar refractivity (Wildman–Crippen MR) is 98.6 cm³/mol. The van der Waals surface area contributed by atoms with Crippen LogP contribution in [0.2, 0.25) is 0 Å². The SMILES string of the molecule is O=C(NC(Cc1ccccc1)C(=O)Cn1ncnn1)OCc1ccccc1.[HH]. The smallest absolute Gasteiger partial charge is 0.408 e. The average Bonchev–Trinajstić information content (AvgIpc) is 3.20. The van der Waals surface area contributed by atoms with Crippen LogP contribution in [-0.2, 0) is 29.1 Å². The van der Waals surface area contributed by atoms with Crippen molar-refractivity contribution >= 4 is 11.9 Å². The number of carbonyl (C=O) groups excluding carboxylic acids is 2. The van der Waals surface area contributed by atoms with Gasteiger partial charge in [0.25, 0.3) is 0 Å². The zero-order valence-electron chi connectivity index (χ0n) is 14.6. The molecule has 1 atom stereocenters. The zero-order chi connectivity index (χ0) is 18.9. The van der Waals surface area contributed by atoms with E-state index in [9.17, 15) is 9.59 Å². The molecule has 3 rings (SSSR count). The second-order valence-electron chi connectivity index (χ2n) is 5.88. The number of rotatable bonds is 8. The number of ether oxygens (including phenoxy) is 1. The number of alkyl carbamates (subject to hydrolysis) is 1. The number of aromatic nitrogens is 4. The molecule has 0 fully saturated rings. The molecule has 0 aliphatic carbocycles. The Hall–Kier alpha value is -3.55. The van der Waals surface area contributed by atoms with Gasteiger partial charge in [0.15, 0.2) is 12.1 Å². The molecule has 1 amide bonds. The summed E-state index contributed by atoms with van der Waals surface area (Å²) in [6, 6.07) is 18.0. The van der Waals surface area contributed by atoms with Gasteiger partial charge in [-0.15, -0.1) is 10.2 Å². The second kappa shape index (κ2) is 9.23. The summed E-state index contributed by atoms with van der Waals surface area (Å²) >= 11 is 0. The highest BCUT2D eigenvalue weighted by Gasteiger charge is 2.23. The monoisotopic (exact) mass is 367 g/mol. The molecule has 0 bridgehead atoms. The van der Waals surface area contributed by atoms with Crippen molar-refractivity contribution in [1.29, 1.82) is 0 Å². The summed E-state index contributed by atoms with van der Waals surface area (Å²) in [6.45, 7) is 0.0417. The van der Waals surface area contributed by atoms with Gasteiger partial charge in [0.1, 0.15) is 13.2 Å². The molecular weight excluding hydrogens is 346 g/mol. The Morgan fingerprint density at radius 1 is 1.04 bits per heavy atom. The van der Waals surface area contributed by atoms with Crippen molar-refractivity contribution in [3.63, 3.8) is 0 Å². The minimum Gasteiger partial charge on any atom is -0.445 e. The maximum Gasteiger partial charge on any atom is 0.408 e. The average molecular weight is 367 g/mol. The Bertz CT molecular complexity index is 860. The minimum absolute atomic E-state index is 0. The van der Waals surface area contributed by atoms with Gasteiger partial charge in [0.2, 0.25) is 0 Å². The molecule has 27 heavy (non-hydrogen) atoms. The van der Waals surface area contributed by atoms with Crippen LogP contribution in [-0.4, -0.2) is 38.1 Å². The van der Waals surface area contributed by atoms with Crippen LogP contribution < -0.4 is 5.32 Å². The Morgan fingerprint density at radius 3 is 2.33 bits per heavy atom. The molecular formula is C19H21N5O3. The number of nitrogens with one attached hydrogen (secondary N) is 1. The fourth-order valence-corrected chi connectivity index (χ4v) is 2.51. The van der Waals surface area contributed by atoms with E-state index in [2.05, 4.69) is 20.7 Å². The maximum absolute atomic E-state index is 12.6. The zero-order valence-corrected chi connectivity index (χ0v) is 14.6. The first-order valence-corrected chi connectivity index (χ1v) is 8.45. The standard InChI is InChI=1S/C19H19N5O3.H2/c25-18(12-24-21-14-20-23-24)17(11-15-7-3-1-4-8-15)22-19(26)27-13-16-9-5-2-6-10-16;/h1-10,14,17H,11-13H2,(H,22,26);1H. The van der Waals surface area contributed by atoms with Gasteiger partial charge in [-0.25, -0.2) is 4.79 Å². The molecule has 140 valence electrons. The van der Waals surface area contributed by atoms with E-state index in [4.69, 9.17) is 4.74 Å². The van der Waals surface area contributed by atoms with Crippen LogP contribution in [0.1, 0.15) is 12.6 Å². The van der Waals surface area contributed by atoms with Crippen LogP contribution in [0.5, 0.6) is 0 Å². The van der Waals surface area contributed by atoms with Crippen LogP contribution in [0.15, 0.2) is 67.0 Å². The Morgan fingerprint density at radius 2 is 1.70 bits per heavy atom. The lowest BCUT2D eigenvalue weighted by Crippen LogP contribution is -2.44. The van der Waals surface area contributed by atoms with Gasteiger partial charge in [-0.1, -0.05) is 60.7 Å². The van der Waals surface area contributed by atoms with Gasteiger partial charge in [-0.2, -0.15) is 4.80 Å². The first-order valence-electron chi connectivity index (χ1n) is 8.45. The third-order valence-corrected chi connectivity index (χ3v) is 3.86. The largest absolute Gasteiger partial charge is 0.445 e. The number of amides is 1. The lowest BCUT2D eigenvalue weighted by molar-refractivity contribution is -0.122. The molecule has 8 heteroatoms. The molecule has 1 unspecified atom stereocenters. The van der Waals surface area contributed by atoms with Crippen molar-refractivity contribution in [3.05, 3.63) is 78.1 Å². The third-order valence-electron chi connectivity index (χ3n) is 3.86. The number of tetrazole rings is 1. The molecule has 1 aromatic heterocycles. The maximum atomic E-state index is 12.6. The van der Waals surface area contributed by atoms with Crippen LogP contribution in [0.3, 0.4) is 0 Å². The van der Waals surface area contributed by atoms with Gasteiger partial charge in [0.05, 0.1) is 6.04 Å². The Kier molecular flexibility index (Phi) is 6.24. The lowest BCUT2D eigenvalue weighted by Gasteiger charge is -2.17.